The molecule has 2 N–H and O–H groups in total. The van der Waals surface area contributed by atoms with Gasteiger partial charge < -0.3 is 20.3 Å². The molecule has 1 saturated heterocycles. The van der Waals surface area contributed by atoms with Crippen molar-refractivity contribution in [1.29, 1.82) is 0 Å². The molecular weight excluding hydrogens is 489 g/mol. The zero-order valence-corrected chi connectivity index (χ0v) is 18.8. The zero-order chi connectivity index (χ0) is 18.9. The summed E-state index contributed by atoms with van der Waals surface area (Å²) >= 11 is 5.98. The summed E-state index contributed by atoms with van der Waals surface area (Å²) in [5.74, 6) is 1.37. The first kappa shape index (κ1) is 24.2. The Hall–Kier alpha value is -0.870. The molecule has 5 nitrogen and oxygen atoms in total. The molecule has 1 aliphatic rings. The molecule has 0 bridgehead atoms. The number of nitrogens with one attached hydrogen (secondary N) is 2. The standard InChI is InChI=1S/C18H27ClF2N4O.HI/c1-3-22-18(23-11-13-6-8-25(2)9-7-13)24-12-14-10-15(19)4-5-16(14)26-17(20)21;/h4-5,10,13,17H,3,6-9,11-12H2,1-2H3,(H2,22,23,24);1H. The van der Waals surface area contributed by atoms with E-state index in [0.29, 0.717) is 22.5 Å². The Morgan fingerprint density at radius 3 is 2.67 bits per heavy atom. The summed E-state index contributed by atoms with van der Waals surface area (Å²) in [5, 5.41) is 6.99. The molecule has 1 fully saturated rings. The molecule has 0 amide bonds. The topological polar surface area (TPSA) is 48.9 Å². The molecule has 9 heteroatoms. The predicted octanol–water partition coefficient (Wildman–Crippen LogP) is 3.96. The fourth-order valence-electron chi connectivity index (χ4n) is 2.90. The third kappa shape index (κ3) is 8.78. The van der Waals surface area contributed by atoms with Gasteiger partial charge in [-0.2, -0.15) is 8.78 Å². The van der Waals surface area contributed by atoms with E-state index in [2.05, 4.69) is 32.3 Å². The maximum absolute atomic E-state index is 12.6. The van der Waals surface area contributed by atoms with Crippen molar-refractivity contribution >= 4 is 41.5 Å². The first-order valence-electron chi connectivity index (χ1n) is 8.92. The Labute approximate surface area is 181 Å². The van der Waals surface area contributed by atoms with Crippen LogP contribution in [0.25, 0.3) is 0 Å². The van der Waals surface area contributed by atoms with Crippen molar-refractivity contribution in [3.8, 4) is 5.75 Å². The highest BCUT2D eigenvalue weighted by molar-refractivity contribution is 14.0. The molecule has 0 unspecified atom stereocenters. The van der Waals surface area contributed by atoms with Gasteiger partial charge in [0, 0.05) is 23.7 Å². The van der Waals surface area contributed by atoms with Crippen molar-refractivity contribution in [3.05, 3.63) is 28.8 Å². The van der Waals surface area contributed by atoms with E-state index in [9.17, 15) is 8.78 Å². The van der Waals surface area contributed by atoms with Crippen molar-refractivity contribution in [3.63, 3.8) is 0 Å². The van der Waals surface area contributed by atoms with Gasteiger partial charge in [-0.05, 0) is 64.0 Å². The van der Waals surface area contributed by atoms with E-state index >= 15 is 0 Å². The van der Waals surface area contributed by atoms with Crippen LogP contribution < -0.4 is 15.4 Å². The molecule has 1 aromatic rings. The molecule has 27 heavy (non-hydrogen) atoms. The van der Waals surface area contributed by atoms with Crippen molar-refractivity contribution in [2.45, 2.75) is 32.9 Å². The Bertz CT molecular complexity index is 599. The highest BCUT2D eigenvalue weighted by Gasteiger charge is 2.17. The molecule has 0 spiro atoms. The number of likely N-dealkylation sites (tertiary alicyclic amines) is 1. The summed E-state index contributed by atoms with van der Waals surface area (Å²) < 4.78 is 29.7. The van der Waals surface area contributed by atoms with Gasteiger partial charge in [-0.25, -0.2) is 4.99 Å². The summed E-state index contributed by atoms with van der Waals surface area (Å²) in [6.07, 6.45) is 2.31. The smallest absolute Gasteiger partial charge is 0.387 e. The minimum Gasteiger partial charge on any atom is -0.434 e. The minimum atomic E-state index is -2.88. The SMILES string of the molecule is CCNC(=NCc1cc(Cl)ccc1OC(F)F)NCC1CCN(C)CC1.I. The van der Waals surface area contributed by atoms with Crippen LogP contribution in [0, 0.1) is 5.92 Å². The fraction of sp³-hybridized carbons (Fsp3) is 0.611. The average Bonchev–Trinajstić information content (AvgIpc) is 2.60. The van der Waals surface area contributed by atoms with Crippen LogP contribution in [0.5, 0.6) is 5.75 Å². The van der Waals surface area contributed by atoms with Gasteiger partial charge in [0.05, 0.1) is 6.54 Å². The average molecular weight is 517 g/mol. The summed E-state index contributed by atoms with van der Waals surface area (Å²) in [6.45, 7) is 3.08. The third-order valence-electron chi connectivity index (χ3n) is 4.39. The van der Waals surface area contributed by atoms with Crippen LogP contribution >= 0.6 is 35.6 Å². The molecule has 0 aromatic heterocycles. The van der Waals surface area contributed by atoms with Crippen molar-refractivity contribution < 1.29 is 13.5 Å². The molecule has 1 aromatic carbocycles. The van der Waals surface area contributed by atoms with Crippen LogP contribution in [0.3, 0.4) is 0 Å². The summed E-state index contributed by atoms with van der Waals surface area (Å²) in [4.78, 5) is 6.83. The molecule has 1 aliphatic heterocycles. The normalized spacial score (nSPS) is 16.1. The highest BCUT2D eigenvalue weighted by atomic mass is 127. The lowest BCUT2D eigenvalue weighted by atomic mass is 9.97. The second kappa shape index (κ2) is 12.6. The number of piperidine rings is 1. The number of hydrogen-bond acceptors (Lipinski definition) is 3. The van der Waals surface area contributed by atoms with Gasteiger partial charge in [0.1, 0.15) is 5.75 Å². The van der Waals surface area contributed by atoms with E-state index in [0.717, 1.165) is 39.0 Å². The minimum absolute atomic E-state index is 0. The van der Waals surface area contributed by atoms with Gasteiger partial charge in [-0.1, -0.05) is 11.6 Å². The number of hydrogen-bond donors (Lipinski definition) is 2. The quantitative estimate of drug-likeness (QED) is 0.327. The Kier molecular flexibility index (Phi) is 11.2. The van der Waals surface area contributed by atoms with E-state index in [-0.39, 0.29) is 36.3 Å². The molecule has 0 atom stereocenters. The molecule has 0 aliphatic carbocycles. The van der Waals surface area contributed by atoms with E-state index in [4.69, 9.17) is 11.6 Å². The van der Waals surface area contributed by atoms with Crippen molar-refractivity contribution in [1.82, 2.24) is 15.5 Å². The second-order valence-electron chi connectivity index (χ2n) is 6.45. The number of nitrogens with zero attached hydrogens (tertiary/aromatic N) is 2. The maximum atomic E-state index is 12.6. The Morgan fingerprint density at radius 2 is 2.04 bits per heavy atom. The van der Waals surface area contributed by atoms with Crippen LogP contribution in [0.15, 0.2) is 23.2 Å². The number of benzene rings is 1. The molecule has 1 heterocycles. The highest BCUT2D eigenvalue weighted by Crippen LogP contribution is 2.25. The lowest BCUT2D eigenvalue weighted by molar-refractivity contribution is -0.0504. The third-order valence-corrected chi connectivity index (χ3v) is 4.62. The Morgan fingerprint density at radius 1 is 1.33 bits per heavy atom. The van der Waals surface area contributed by atoms with E-state index < -0.39 is 6.61 Å². The van der Waals surface area contributed by atoms with Crippen LogP contribution in [0.4, 0.5) is 8.78 Å². The number of alkyl halides is 2. The largest absolute Gasteiger partial charge is 0.434 e. The van der Waals surface area contributed by atoms with Gasteiger partial charge in [-0.3, -0.25) is 0 Å². The second-order valence-corrected chi connectivity index (χ2v) is 6.89. The number of ether oxygens (including phenoxy) is 1. The molecule has 0 saturated carbocycles. The summed E-state index contributed by atoms with van der Waals surface area (Å²) in [7, 11) is 2.14. The lowest BCUT2D eigenvalue weighted by Crippen LogP contribution is -2.42. The predicted molar refractivity (Wildman–Crippen MR) is 117 cm³/mol. The fourth-order valence-corrected chi connectivity index (χ4v) is 3.09. The van der Waals surface area contributed by atoms with Gasteiger partial charge >= 0.3 is 6.61 Å². The monoisotopic (exact) mass is 516 g/mol. The van der Waals surface area contributed by atoms with E-state index in [1.807, 2.05) is 6.92 Å². The summed E-state index contributed by atoms with van der Waals surface area (Å²) in [6, 6.07) is 4.57. The number of guanidine groups is 1. The van der Waals surface area contributed by atoms with E-state index in [1.54, 1.807) is 6.07 Å². The van der Waals surface area contributed by atoms with Crippen LogP contribution in [0.1, 0.15) is 25.3 Å². The van der Waals surface area contributed by atoms with Crippen LogP contribution in [0.2, 0.25) is 5.02 Å². The van der Waals surface area contributed by atoms with Crippen LogP contribution in [-0.4, -0.2) is 50.7 Å². The van der Waals surface area contributed by atoms with Crippen molar-refractivity contribution in [2.24, 2.45) is 10.9 Å². The Balaban J connectivity index is 0.00000364. The van der Waals surface area contributed by atoms with Gasteiger partial charge in [0.15, 0.2) is 5.96 Å². The lowest BCUT2D eigenvalue weighted by Gasteiger charge is -2.29. The number of halogens is 4. The molecule has 0 radical (unpaired) electrons. The van der Waals surface area contributed by atoms with E-state index in [1.165, 1.54) is 12.1 Å². The van der Waals surface area contributed by atoms with Crippen molar-refractivity contribution in [2.75, 3.05) is 33.2 Å². The molecule has 154 valence electrons. The first-order chi connectivity index (χ1) is 12.5. The molecular formula is C18H28ClF2IN4O. The zero-order valence-electron chi connectivity index (χ0n) is 15.7. The molecule has 2 rings (SSSR count). The van der Waals surface area contributed by atoms with Crippen LogP contribution in [-0.2, 0) is 6.54 Å². The summed E-state index contributed by atoms with van der Waals surface area (Å²) in [5.41, 5.74) is 0.522. The maximum Gasteiger partial charge on any atom is 0.387 e. The number of aliphatic imine (C=N–C) groups is 1. The van der Waals surface area contributed by atoms with Gasteiger partial charge in [0.25, 0.3) is 0 Å². The van der Waals surface area contributed by atoms with Gasteiger partial charge in [-0.15, -0.1) is 24.0 Å². The first-order valence-corrected chi connectivity index (χ1v) is 9.29. The van der Waals surface area contributed by atoms with Gasteiger partial charge in [0.2, 0.25) is 0 Å². The number of rotatable bonds is 7.